The molecule has 0 saturated heterocycles. The van der Waals surface area contributed by atoms with Crippen LogP contribution in [-0.2, 0) is 13.6 Å². The van der Waals surface area contributed by atoms with E-state index in [9.17, 15) is 4.39 Å². The summed E-state index contributed by atoms with van der Waals surface area (Å²) in [5.74, 6) is -0.387. The number of anilines is 1. The lowest BCUT2D eigenvalue weighted by atomic mass is 10.2. The molecule has 2 rings (SSSR count). The molecule has 1 heterocycles. The highest BCUT2D eigenvalue weighted by Gasteiger charge is 2.10. The molecule has 2 aromatic rings. The summed E-state index contributed by atoms with van der Waals surface area (Å²) in [5.41, 5.74) is 2.77. The zero-order chi connectivity index (χ0) is 14.0. The minimum absolute atomic E-state index is 0.283. The molecular formula is C14H13ClFN3. The first-order valence-electron chi connectivity index (χ1n) is 5.77. The van der Waals surface area contributed by atoms with Crippen LogP contribution >= 0.6 is 11.6 Å². The fourth-order valence-electron chi connectivity index (χ4n) is 1.90. The first-order chi connectivity index (χ1) is 9.04. The quantitative estimate of drug-likeness (QED) is 0.931. The second-order valence-corrected chi connectivity index (χ2v) is 4.67. The van der Waals surface area contributed by atoms with Crippen molar-refractivity contribution >= 4 is 17.3 Å². The van der Waals surface area contributed by atoms with Gasteiger partial charge in [-0.1, -0.05) is 17.7 Å². The first-order valence-corrected chi connectivity index (χ1v) is 6.15. The van der Waals surface area contributed by atoms with Crippen molar-refractivity contribution in [1.29, 1.82) is 5.26 Å². The van der Waals surface area contributed by atoms with Gasteiger partial charge in [0, 0.05) is 19.3 Å². The summed E-state index contributed by atoms with van der Waals surface area (Å²) in [5, 5.41) is 12.3. The minimum atomic E-state index is -0.387. The number of hydrogen-bond acceptors (Lipinski definition) is 2. The molecule has 19 heavy (non-hydrogen) atoms. The van der Waals surface area contributed by atoms with Crippen LogP contribution in [0.2, 0.25) is 5.02 Å². The summed E-state index contributed by atoms with van der Waals surface area (Å²) in [4.78, 5) is 0. The van der Waals surface area contributed by atoms with E-state index in [0.717, 1.165) is 11.3 Å². The van der Waals surface area contributed by atoms with E-state index in [2.05, 4.69) is 11.4 Å². The normalized spacial score (nSPS) is 10.3. The van der Waals surface area contributed by atoms with Crippen LogP contribution in [0.4, 0.5) is 10.1 Å². The monoisotopic (exact) mass is 277 g/mol. The van der Waals surface area contributed by atoms with Crippen molar-refractivity contribution in [2.45, 2.75) is 13.5 Å². The summed E-state index contributed by atoms with van der Waals surface area (Å²) < 4.78 is 15.4. The predicted molar refractivity (Wildman–Crippen MR) is 73.6 cm³/mol. The average Bonchev–Trinajstić information content (AvgIpc) is 2.66. The van der Waals surface area contributed by atoms with Gasteiger partial charge in [-0.3, -0.25) is 0 Å². The van der Waals surface area contributed by atoms with Gasteiger partial charge in [0.1, 0.15) is 17.6 Å². The van der Waals surface area contributed by atoms with Crippen LogP contribution in [0.3, 0.4) is 0 Å². The third-order valence-electron chi connectivity index (χ3n) is 3.17. The van der Waals surface area contributed by atoms with Crippen LogP contribution in [0.1, 0.15) is 17.0 Å². The number of para-hydroxylation sites is 1. The van der Waals surface area contributed by atoms with Crippen molar-refractivity contribution in [1.82, 2.24) is 4.57 Å². The Morgan fingerprint density at radius 2 is 2.21 bits per heavy atom. The maximum Gasteiger partial charge on any atom is 0.147 e. The van der Waals surface area contributed by atoms with Crippen molar-refractivity contribution in [3.05, 3.63) is 52.1 Å². The van der Waals surface area contributed by atoms with Gasteiger partial charge in [0.05, 0.1) is 10.7 Å². The highest BCUT2D eigenvalue weighted by molar-refractivity contribution is 6.33. The number of nitrogens with one attached hydrogen (secondary N) is 1. The number of nitriles is 1. The smallest absolute Gasteiger partial charge is 0.147 e. The number of halogens is 2. The van der Waals surface area contributed by atoms with Crippen molar-refractivity contribution in [3.8, 4) is 6.07 Å². The second-order valence-electron chi connectivity index (χ2n) is 4.26. The maximum atomic E-state index is 13.6. The largest absolute Gasteiger partial charge is 0.377 e. The first kappa shape index (κ1) is 13.4. The van der Waals surface area contributed by atoms with Gasteiger partial charge >= 0.3 is 0 Å². The third kappa shape index (κ3) is 2.56. The number of aromatic nitrogens is 1. The van der Waals surface area contributed by atoms with Crippen LogP contribution in [0, 0.1) is 24.1 Å². The molecule has 1 aromatic heterocycles. The number of nitrogens with zero attached hydrogens (tertiary/aromatic N) is 2. The van der Waals surface area contributed by atoms with Gasteiger partial charge in [0.15, 0.2) is 0 Å². The Morgan fingerprint density at radius 3 is 2.79 bits per heavy atom. The van der Waals surface area contributed by atoms with Gasteiger partial charge in [-0.15, -0.1) is 0 Å². The zero-order valence-electron chi connectivity index (χ0n) is 10.7. The predicted octanol–water partition coefficient (Wildman–Crippen LogP) is 3.61. The van der Waals surface area contributed by atoms with E-state index >= 15 is 0 Å². The van der Waals surface area contributed by atoms with E-state index in [-0.39, 0.29) is 11.5 Å². The maximum absolute atomic E-state index is 13.6. The van der Waals surface area contributed by atoms with Gasteiger partial charge in [0.25, 0.3) is 0 Å². The molecule has 0 aliphatic heterocycles. The number of rotatable bonds is 3. The molecule has 0 bridgehead atoms. The lowest BCUT2D eigenvalue weighted by molar-refractivity contribution is 0.630. The van der Waals surface area contributed by atoms with Gasteiger partial charge in [-0.2, -0.15) is 5.26 Å². The Kier molecular flexibility index (Phi) is 3.77. The molecule has 1 aromatic carbocycles. The summed E-state index contributed by atoms with van der Waals surface area (Å²) in [6.07, 6.45) is 0. The molecule has 0 aliphatic rings. The molecule has 0 saturated carbocycles. The van der Waals surface area contributed by atoms with Crippen molar-refractivity contribution < 1.29 is 4.39 Å². The summed E-state index contributed by atoms with van der Waals surface area (Å²) in [6.45, 7) is 2.34. The van der Waals surface area contributed by atoms with Gasteiger partial charge < -0.3 is 9.88 Å². The van der Waals surface area contributed by atoms with E-state index in [1.165, 1.54) is 6.07 Å². The molecule has 0 unspecified atom stereocenters. The van der Waals surface area contributed by atoms with Crippen LogP contribution in [0.25, 0.3) is 0 Å². The van der Waals surface area contributed by atoms with Crippen molar-refractivity contribution in [2.24, 2.45) is 7.05 Å². The van der Waals surface area contributed by atoms with Gasteiger partial charge in [-0.05, 0) is 30.7 Å². The molecule has 0 spiro atoms. The van der Waals surface area contributed by atoms with Crippen LogP contribution in [-0.4, -0.2) is 4.57 Å². The van der Waals surface area contributed by atoms with Crippen molar-refractivity contribution in [3.63, 3.8) is 0 Å². The highest BCUT2D eigenvalue weighted by Crippen LogP contribution is 2.25. The SMILES string of the molecule is Cc1c(CNc2c(F)cccc2Cl)cc(C#N)n1C. The molecule has 0 amide bonds. The third-order valence-corrected chi connectivity index (χ3v) is 3.49. The fraction of sp³-hybridized carbons (Fsp3) is 0.214. The number of benzene rings is 1. The van der Waals surface area contributed by atoms with Crippen LogP contribution < -0.4 is 5.32 Å². The van der Waals surface area contributed by atoms with Crippen LogP contribution in [0.5, 0.6) is 0 Å². The Bertz CT molecular complexity index is 635. The molecule has 0 radical (unpaired) electrons. The molecule has 0 fully saturated rings. The standard InChI is InChI=1S/C14H13ClFN3/c1-9-10(6-11(7-17)19(9)2)8-18-14-12(15)4-3-5-13(14)16/h3-6,18H,8H2,1-2H3. The van der Waals surface area contributed by atoms with Gasteiger partial charge in [-0.25, -0.2) is 4.39 Å². The molecular weight excluding hydrogens is 265 g/mol. The molecule has 1 N–H and O–H groups in total. The van der Waals surface area contributed by atoms with E-state index < -0.39 is 0 Å². The topological polar surface area (TPSA) is 40.8 Å². The Morgan fingerprint density at radius 1 is 1.47 bits per heavy atom. The van der Waals surface area contributed by atoms with Crippen LogP contribution in [0.15, 0.2) is 24.3 Å². The lowest BCUT2D eigenvalue weighted by Gasteiger charge is -2.09. The molecule has 5 heteroatoms. The van der Waals surface area contributed by atoms with Crippen molar-refractivity contribution in [2.75, 3.05) is 5.32 Å². The summed E-state index contributed by atoms with van der Waals surface area (Å²) in [7, 11) is 1.83. The molecule has 0 atom stereocenters. The average molecular weight is 278 g/mol. The lowest BCUT2D eigenvalue weighted by Crippen LogP contribution is -2.03. The van der Waals surface area contributed by atoms with E-state index in [4.69, 9.17) is 16.9 Å². The molecule has 0 aliphatic carbocycles. The highest BCUT2D eigenvalue weighted by atomic mass is 35.5. The Balaban J connectivity index is 2.22. The summed E-state index contributed by atoms with van der Waals surface area (Å²) >= 11 is 5.94. The second kappa shape index (κ2) is 5.33. The van der Waals surface area contributed by atoms with E-state index in [1.807, 2.05) is 14.0 Å². The fourth-order valence-corrected chi connectivity index (χ4v) is 2.13. The molecule has 3 nitrogen and oxygen atoms in total. The number of hydrogen-bond donors (Lipinski definition) is 1. The Hall–Kier alpha value is -1.99. The zero-order valence-corrected chi connectivity index (χ0v) is 11.4. The minimum Gasteiger partial charge on any atom is -0.377 e. The Labute approximate surface area is 116 Å². The van der Waals surface area contributed by atoms with E-state index in [1.54, 1.807) is 22.8 Å². The molecule has 98 valence electrons. The summed E-state index contributed by atoms with van der Waals surface area (Å²) in [6, 6.07) is 8.45. The van der Waals surface area contributed by atoms with E-state index in [0.29, 0.717) is 17.3 Å². The van der Waals surface area contributed by atoms with Gasteiger partial charge in [0.2, 0.25) is 0 Å².